The molecule has 4 aromatic rings. The van der Waals surface area contributed by atoms with Crippen LogP contribution in [0.3, 0.4) is 0 Å². The Morgan fingerprint density at radius 1 is 0.897 bits per heavy atom. The molecule has 0 aliphatic heterocycles. The maximum Gasteiger partial charge on any atom is 0.238 e. The van der Waals surface area contributed by atoms with Crippen molar-refractivity contribution in [3.8, 4) is 0 Å². The lowest BCUT2D eigenvalue weighted by molar-refractivity contribution is -0.116. The van der Waals surface area contributed by atoms with E-state index >= 15 is 0 Å². The normalized spacial score (nSPS) is 10.8. The van der Waals surface area contributed by atoms with Crippen LogP contribution < -0.4 is 5.32 Å². The first-order valence-electron chi connectivity index (χ1n) is 9.16. The van der Waals surface area contributed by atoms with Crippen LogP contribution in [-0.4, -0.2) is 16.1 Å². The molecule has 0 spiro atoms. The Labute approximate surface area is 181 Å². The second kappa shape index (κ2) is 9.11. The van der Waals surface area contributed by atoms with Crippen LogP contribution in [0.5, 0.6) is 0 Å². The lowest BCUT2D eigenvalue weighted by Gasteiger charge is -2.16. The topological polar surface area (TPSA) is 54.9 Å². The zero-order valence-corrected chi connectivity index (χ0v) is 17.9. The second-order valence-corrected chi connectivity index (χ2v) is 8.53. The number of aromatic nitrogens is 2. The summed E-state index contributed by atoms with van der Waals surface area (Å²) in [6, 6.07) is 27.6. The van der Waals surface area contributed by atoms with E-state index in [1.165, 1.54) is 11.3 Å². The first-order valence-corrected chi connectivity index (χ1v) is 10.8. The van der Waals surface area contributed by atoms with Crippen LogP contribution in [0.2, 0.25) is 0 Å². The van der Waals surface area contributed by atoms with Crippen LogP contribution in [0, 0.1) is 0 Å². The second-order valence-electron chi connectivity index (χ2n) is 6.55. The minimum absolute atomic E-state index is 0.118. The third-order valence-corrected chi connectivity index (χ3v) is 5.80. The molecule has 0 aliphatic carbocycles. The summed E-state index contributed by atoms with van der Waals surface area (Å²) in [7, 11) is 0. The summed E-state index contributed by atoms with van der Waals surface area (Å²) in [5, 5.41) is 12.7. The van der Waals surface area contributed by atoms with E-state index in [1.807, 2.05) is 78.9 Å². The number of rotatable bonds is 6. The van der Waals surface area contributed by atoms with Crippen molar-refractivity contribution in [2.24, 2.45) is 0 Å². The van der Waals surface area contributed by atoms with Crippen molar-refractivity contribution < 1.29 is 4.79 Å². The molecule has 4 rings (SSSR count). The van der Waals surface area contributed by atoms with Crippen molar-refractivity contribution in [2.45, 2.75) is 12.3 Å². The van der Waals surface area contributed by atoms with Gasteiger partial charge in [0.2, 0.25) is 11.0 Å². The number of halogens is 1. The van der Waals surface area contributed by atoms with E-state index in [9.17, 15) is 4.79 Å². The van der Waals surface area contributed by atoms with Gasteiger partial charge in [-0.3, -0.25) is 10.1 Å². The van der Waals surface area contributed by atoms with Gasteiger partial charge in [-0.1, -0.05) is 100 Å². The number of hydrogen-bond donors (Lipinski definition) is 1. The molecule has 3 aromatic carbocycles. The van der Waals surface area contributed by atoms with Gasteiger partial charge in [0.05, 0.1) is 5.92 Å². The van der Waals surface area contributed by atoms with Crippen molar-refractivity contribution in [3.05, 3.63) is 111 Å². The lowest BCUT2D eigenvalue weighted by atomic mass is 9.90. The predicted octanol–water partition coefficient (Wildman–Crippen LogP) is 5.66. The number of benzene rings is 3. The Morgan fingerprint density at radius 2 is 1.55 bits per heavy atom. The van der Waals surface area contributed by atoms with E-state index in [0.29, 0.717) is 11.6 Å². The van der Waals surface area contributed by atoms with Gasteiger partial charge in [0.15, 0.2) is 0 Å². The Balaban J connectivity index is 1.53. The minimum Gasteiger partial charge on any atom is -0.300 e. The third kappa shape index (κ3) is 4.96. The third-order valence-electron chi connectivity index (χ3n) is 4.47. The molecule has 1 heterocycles. The molecule has 0 unspecified atom stereocenters. The van der Waals surface area contributed by atoms with E-state index in [-0.39, 0.29) is 5.91 Å². The smallest absolute Gasteiger partial charge is 0.238 e. The highest BCUT2D eigenvalue weighted by Gasteiger charge is 2.23. The van der Waals surface area contributed by atoms with E-state index in [0.717, 1.165) is 26.2 Å². The average molecular weight is 464 g/mol. The van der Waals surface area contributed by atoms with Crippen molar-refractivity contribution in [3.63, 3.8) is 0 Å². The molecule has 0 saturated heterocycles. The first kappa shape index (κ1) is 19.5. The standard InChI is InChI=1S/C23H18BrN3OS/c24-19-13-7-8-16(14-19)15-20-26-27-23(29-20)25-22(28)21(17-9-3-1-4-10-17)18-11-5-2-6-12-18/h1-14,21H,15H2,(H,25,27,28). The number of carbonyl (C=O) groups excluding carboxylic acids is 1. The van der Waals surface area contributed by atoms with Crippen molar-refractivity contribution >= 4 is 38.3 Å². The highest BCUT2D eigenvalue weighted by atomic mass is 79.9. The number of amides is 1. The van der Waals surface area contributed by atoms with E-state index in [1.54, 1.807) is 0 Å². The lowest BCUT2D eigenvalue weighted by Crippen LogP contribution is -2.22. The maximum absolute atomic E-state index is 13.1. The summed E-state index contributed by atoms with van der Waals surface area (Å²) < 4.78 is 1.03. The molecule has 0 atom stereocenters. The first-order chi connectivity index (χ1) is 14.2. The highest BCUT2D eigenvalue weighted by molar-refractivity contribution is 9.10. The minimum atomic E-state index is -0.408. The molecule has 6 heteroatoms. The molecule has 29 heavy (non-hydrogen) atoms. The van der Waals surface area contributed by atoms with Crippen molar-refractivity contribution in [2.75, 3.05) is 5.32 Å². The van der Waals surface area contributed by atoms with Crippen LogP contribution >= 0.6 is 27.3 Å². The molecule has 4 nitrogen and oxygen atoms in total. The SMILES string of the molecule is O=C(Nc1nnc(Cc2cccc(Br)c2)s1)C(c1ccccc1)c1ccccc1. The maximum atomic E-state index is 13.1. The molecule has 0 saturated carbocycles. The van der Waals surface area contributed by atoms with Crippen molar-refractivity contribution in [1.29, 1.82) is 0 Å². The number of nitrogens with one attached hydrogen (secondary N) is 1. The van der Waals surface area contributed by atoms with Crippen LogP contribution in [0.25, 0.3) is 0 Å². The Kier molecular flexibility index (Phi) is 6.12. The van der Waals surface area contributed by atoms with Gasteiger partial charge < -0.3 is 0 Å². The van der Waals surface area contributed by atoms with Gasteiger partial charge >= 0.3 is 0 Å². The average Bonchev–Trinajstić information content (AvgIpc) is 3.16. The molecule has 1 N–H and O–H groups in total. The van der Waals surface area contributed by atoms with Gasteiger partial charge in [-0.15, -0.1) is 10.2 Å². The number of anilines is 1. The zero-order valence-electron chi connectivity index (χ0n) is 15.5. The fraction of sp³-hybridized carbons (Fsp3) is 0.0870. The summed E-state index contributed by atoms with van der Waals surface area (Å²) in [6.45, 7) is 0. The van der Waals surface area contributed by atoms with Gasteiger partial charge in [0.25, 0.3) is 0 Å². The molecule has 144 valence electrons. The monoisotopic (exact) mass is 463 g/mol. The van der Waals surface area contributed by atoms with E-state index < -0.39 is 5.92 Å². The zero-order chi connectivity index (χ0) is 20.1. The largest absolute Gasteiger partial charge is 0.300 e. The number of carbonyl (C=O) groups is 1. The summed E-state index contributed by atoms with van der Waals surface area (Å²) in [6.07, 6.45) is 0.674. The highest BCUT2D eigenvalue weighted by Crippen LogP contribution is 2.27. The summed E-state index contributed by atoms with van der Waals surface area (Å²) in [5.74, 6) is -0.526. The molecular formula is C23H18BrN3OS. The fourth-order valence-electron chi connectivity index (χ4n) is 3.16. The summed E-state index contributed by atoms with van der Waals surface area (Å²) in [5.41, 5.74) is 3.02. The molecule has 0 bridgehead atoms. The van der Waals surface area contributed by atoms with Crippen LogP contribution in [-0.2, 0) is 11.2 Å². The van der Waals surface area contributed by atoms with E-state index in [4.69, 9.17) is 0 Å². The van der Waals surface area contributed by atoms with Gasteiger partial charge in [-0.05, 0) is 28.8 Å². The number of nitrogens with zero attached hydrogens (tertiary/aromatic N) is 2. The quantitative estimate of drug-likeness (QED) is 0.401. The predicted molar refractivity (Wildman–Crippen MR) is 120 cm³/mol. The van der Waals surface area contributed by atoms with Crippen LogP contribution in [0.4, 0.5) is 5.13 Å². The van der Waals surface area contributed by atoms with Gasteiger partial charge in [-0.25, -0.2) is 0 Å². The summed E-state index contributed by atoms with van der Waals surface area (Å²) in [4.78, 5) is 13.1. The fourth-order valence-corrected chi connectivity index (χ4v) is 4.38. The van der Waals surface area contributed by atoms with Crippen LogP contribution in [0.15, 0.2) is 89.4 Å². The van der Waals surface area contributed by atoms with Gasteiger partial charge in [0, 0.05) is 10.9 Å². The molecule has 1 aromatic heterocycles. The summed E-state index contributed by atoms with van der Waals surface area (Å²) >= 11 is 4.88. The Bertz CT molecular complexity index is 1060. The molecule has 1 amide bonds. The van der Waals surface area contributed by atoms with Crippen LogP contribution in [0.1, 0.15) is 27.6 Å². The van der Waals surface area contributed by atoms with Gasteiger partial charge in [-0.2, -0.15) is 0 Å². The molecule has 0 fully saturated rings. The van der Waals surface area contributed by atoms with Crippen molar-refractivity contribution in [1.82, 2.24) is 10.2 Å². The molecular weight excluding hydrogens is 446 g/mol. The Morgan fingerprint density at radius 3 is 2.17 bits per heavy atom. The number of hydrogen-bond acceptors (Lipinski definition) is 4. The molecule has 0 aliphatic rings. The molecule has 0 radical (unpaired) electrons. The Hall–Kier alpha value is -2.83. The van der Waals surface area contributed by atoms with Gasteiger partial charge in [0.1, 0.15) is 5.01 Å². The van der Waals surface area contributed by atoms with E-state index in [2.05, 4.69) is 37.5 Å².